The molecule has 1 N–H and O–H groups in total. The van der Waals surface area contributed by atoms with E-state index in [9.17, 15) is 9.90 Å². The van der Waals surface area contributed by atoms with Gasteiger partial charge in [0.25, 0.3) is 0 Å². The van der Waals surface area contributed by atoms with Gasteiger partial charge in [0.15, 0.2) is 0 Å². The Balaban J connectivity index is 2.43. The van der Waals surface area contributed by atoms with Crippen molar-refractivity contribution in [1.29, 1.82) is 0 Å². The Bertz CT molecular complexity index is 317. The lowest BCUT2D eigenvalue weighted by molar-refractivity contribution is -0.133. The Kier molecular flexibility index (Phi) is 7.14. The monoisotopic (exact) mass is 298 g/mol. The van der Waals surface area contributed by atoms with Gasteiger partial charge in [-0.25, -0.2) is 0 Å². The molecule has 0 aliphatic carbocycles. The molecule has 1 aliphatic heterocycles. The van der Waals surface area contributed by atoms with E-state index in [0.717, 1.165) is 38.8 Å². The second kappa shape index (κ2) is 8.14. The van der Waals surface area contributed by atoms with Crippen molar-refractivity contribution in [2.75, 3.05) is 33.3 Å². The molecule has 0 bridgehead atoms. The summed E-state index contributed by atoms with van der Waals surface area (Å²) in [5, 5.41) is 9.56. The number of aliphatic hydroxyl groups excluding tert-OH is 1. The molecule has 0 aromatic rings. The van der Waals surface area contributed by atoms with Crippen LogP contribution in [0.1, 0.15) is 53.4 Å². The molecule has 0 spiro atoms. The lowest BCUT2D eigenvalue weighted by atomic mass is 9.77. The van der Waals surface area contributed by atoms with E-state index >= 15 is 0 Å². The first-order chi connectivity index (χ1) is 9.83. The largest absolute Gasteiger partial charge is 0.396 e. The van der Waals surface area contributed by atoms with E-state index in [-0.39, 0.29) is 17.9 Å². The molecule has 124 valence electrons. The molecule has 1 heterocycles. The van der Waals surface area contributed by atoms with Crippen LogP contribution in [0.3, 0.4) is 0 Å². The quantitative estimate of drug-likeness (QED) is 0.785. The minimum atomic E-state index is 0.0936. The fourth-order valence-electron chi connectivity index (χ4n) is 3.20. The van der Waals surface area contributed by atoms with Crippen molar-refractivity contribution in [3.05, 3.63) is 0 Å². The summed E-state index contributed by atoms with van der Waals surface area (Å²) in [6, 6.07) is 0.300. The number of nitrogens with zero attached hydrogens (tertiary/aromatic N) is 2. The number of carbonyl (C=O) groups excluding carboxylic acids is 1. The van der Waals surface area contributed by atoms with E-state index in [4.69, 9.17) is 0 Å². The second-order valence-corrected chi connectivity index (χ2v) is 7.27. The third kappa shape index (κ3) is 5.26. The maximum Gasteiger partial charge on any atom is 0.236 e. The summed E-state index contributed by atoms with van der Waals surface area (Å²) in [4.78, 5) is 16.5. The van der Waals surface area contributed by atoms with Crippen molar-refractivity contribution in [3.8, 4) is 0 Å². The highest BCUT2D eigenvalue weighted by Crippen LogP contribution is 2.34. The number of rotatable bonds is 7. The van der Waals surface area contributed by atoms with Gasteiger partial charge in [0.2, 0.25) is 5.91 Å². The maximum absolute atomic E-state index is 12.4. The van der Waals surface area contributed by atoms with E-state index in [1.165, 1.54) is 0 Å². The average molecular weight is 298 g/mol. The fourth-order valence-corrected chi connectivity index (χ4v) is 3.20. The minimum Gasteiger partial charge on any atom is -0.396 e. The second-order valence-electron chi connectivity index (χ2n) is 7.27. The molecule has 1 rings (SSSR count). The Labute approximate surface area is 130 Å². The molecule has 4 heteroatoms. The van der Waals surface area contributed by atoms with E-state index in [0.29, 0.717) is 18.5 Å². The lowest BCUT2D eigenvalue weighted by Gasteiger charge is -2.40. The van der Waals surface area contributed by atoms with Crippen molar-refractivity contribution >= 4 is 5.91 Å². The Morgan fingerprint density at radius 1 is 1.29 bits per heavy atom. The summed E-state index contributed by atoms with van der Waals surface area (Å²) >= 11 is 0. The SMILES string of the molecule is CCC1(CO)CCN(CC(=O)N(C)C(C)CC(C)C)CC1. The van der Waals surface area contributed by atoms with Crippen LogP contribution in [0, 0.1) is 11.3 Å². The topological polar surface area (TPSA) is 43.8 Å². The zero-order chi connectivity index (χ0) is 16.0. The third-order valence-corrected chi connectivity index (χ3v) is 5.23. The van der Waals surface area contributed by atoms with Gasteiger partial charge in [-0.15, -0.1) is 0 Å². The Morgan fingerprint density at radius 3 is 2.29 bits per heavy atom. The molecule has 0 aromatic carbocycles. The number of likely N-dealkylation sites (tertiary alicyclic amines) is 1. The van der Waals surface area contributed by atoms with Crippen LogP contribution >= 0.6 is 0 Å². The van der Waals surface area contributed by atoms with Gasteiger partial charge in [-0.1, -0.05) is 20.8 Å². The summed E-state index contributed by atoms with van der Waals surface area (Å²) in [6.07, 6.45) is 4.07. The molecule has 1 saturated heterocycles. The molecule has 0 saturated carbocycles. The molecule has 0 radical (unpaired) electrons. The van der Waals surface area contributed by atoms with Crippen molar-refractivity contribution < 1.29 is 9.90 Å². The standard InChI is InChI=1S/C17H34N2O2/c1-6-17(13-20)7-9-19(10-8-17)12-16(21)18(5)15(4)11-14(2)3/h14-15,20H,6-13H2,1-5H3. The molecule has 1 unspecified atom stereocenters. The molecule has 0 aromatic heterocycles. The maximum atomic E-state index is 12.4. The molecule has 1 aliphatic rings. The smallest absolute Gasteiger partial charge is 0.236 e. The van der Waals surface area contributed by atoms with Gasteiger partial charge < -0.3 is 10.0 Å². The van der Waals surface area contributed by atoms with Gasteiger partial charge in [-0.05, 0) is 57.0 Å². The number of hydrogen-bond donors (Lipinski definition) is 1. The van der Waals surface area contributed by atoms with Crippen LogP contribution in [0.2, 0.25) is 0 Å². The van der Waals surface area contributed by atoms with Crippen LogP contribution in [0.5, 0.6) is 0 Å². The molecular formula is C17H34N2O2. The van der Waals surface area contributed by atoms with Crippen molar-refractivity contribution in [2.24, 2.45) is 11.3 Å². The van der Waals surface area contributed by atoms with Gasteiger partial charge in [-0.2, -0.15) is 0 Å². The minimum absolute atomic E-state index is 0.0936. The average Bonchev–Trinajstić information content (AvgIpc) is 2.46. The van der Waals surface area contributed by atoms with Crippen LogP contribution in [0.25, 0.3) is 0 Å². The highest BCUT2D eigenvalue weighted by molar-refractivity contribution is 5.78. The zero-order valence-corrected chi connectivity index (χ0v) is 14.6. The van der Waals surface area contributed by atoms with Crippen LogP contribution in [-0.4, -0.2) is 60.1 Å². The number of hydrogen-bond acceptors (Lipinski definition) is 3. The van der Waals surface area contributed by atoms with E-state index in [1.807, 2.05) is 11.9 Å². The number of piperidine rings is 1. The molecular weight excluding hydrogens is 264 g/mol. The molecule has 1 fully saturated rings. The van der Waals surface area contributed by atoms with Gasteiger partial charge in [0.1, 0.15) is 0 Å². The Morgan fingerprint density at radius 2 is 1.86 bits per heavy atom. The summed E-state index contributed by atoms with van der Waals surface area (Å²) in [7, 11) is 1.92. The van der Waals surface area contributed by atoms with Crippen LogP contribution < -0.4 is 0 Å². The fraction of sp³-hybridized carbons (Fsp3) is 0.941. The van der Waals surface area contributed by atoms with Gasteiger partial charge in [-0.3, -0.25) is 9.69 Å². The van der Waals surface area contributed by atoms with Crippen molar-refractivity contribution in [2.45, 2.75) is 59.4 Å². The van der Waals surface area contributed by atoms with Crippen molar-refractivity contribution in [1.82, 2.24) is 9.80 Å². The van der Waals surface area contributed by atoms with E-state index < -0.39 is 0 Å². The first-order valence-electron chi connectivity index (χ1n) is 8.42. The number of amides is 1. The molecule has 4 nitrogen and oxygen atoms in total. The zero-order valence-electron chi connectivity index (χ0n) is 14.6. The summed E-state index contributed by atoms with van der Waals surface area (Å²) in [5.74, 6) is 0.830. The van der Waals surface area contributed by atoms with Gasteiger partial charge in [0.05, 0.1) is 6.54 Å². The van der Waals surface area contributed by atoms with Crippen LogP contribution in [0.4, 0.5) is 0 Å². The highest BCUT2D eigenvalue weighted by Gasteiger charge is 2.33. The molecule has 1 atom stereocenters. The highest BCUT2D eigenvalue weighted by atomic mass is 16.3. The third-order valence-electron chi connectivity index (χ3n) is 5.23. The number of aliphatic hydroxyl groups is 1. The molecule has 1 amide bonds. The Hall–Kier alpha value is -0.610. The first-order valence-corrected chi connectivity index (χ1v) is 8.42. The van der Waals surface area contributed by atoms with Crippen LogP contribution in [0.15, 0.2) is 0 Å². The van der Waals surface area contributed by atoms with Crippen LogP contribution in [-0.2, 0) is 4.79 Å². The predicted molar refractivity (Wildman–Crippen MR) is 87.2 cm³/mol. The molecule has 21 heavy (non-hydrogen) atoms. The van der Waals surface area contributed by atoms with Gasteiger partial charge in [0, 0.05) is 19.7 Å². The summed E-state index contributed by atoms with van der Waals surface area (Å²) in [6.45, 7) is 11.3. The number of carbonyl (C=O) groups is 1. The summed E-state index contributed by atoms with van der Waals surface area (Å²) in [5.41, 5.74) is 0.0936. The van der Waals surface area contributed by atoms with E-state index in [1.54, 1.807) is 0 Å². The summed E-state index contributed by atoms with van der Waals surface area (Å²) < 4.78 is 0. The number of likely N-dealkylation sites (N-methyl/N-ethyl adjacent to an activating group) is 1. The van der Waals surface area contributed by atoms with E-state index in [2.05, 4.69) is 32.6 Å². The van der Waals surface area contributed by atoms with Gasteiger partial charge >= 0.3 is 0 Å². The lowest BCUT2D eigenvalue weighted by Crippen LogP contribution is -2.47. The first kappa shape index (κ1) is 18.4. The predicted octanol–water partition coefficient (Wildman–Crippen LogP) is 2.36. The normalized spacial score (nSPS) is 20.5. The van der Waals surface area contributed by atoms with Crippen molar-refractivity contribution in [3.63, 3.8) is 0 Å².